The molecule has 4 aromatic carbocycles. The van der Waals surface area contributed by atoms with Crippen molar-refractivity contribution < 1.29 is 36.6 Å². The van der Waals surface area contributed by atoms with Crippen LogP contribution in [0.4, 0.5) is 11.4 Å². The number of hydrogen-bond donors (Lipinski definition) is 0. The fourth-order valence-corrected chi connectivity index (χ4v) is 12.6. The molecule has 4 unspecified atom stereocenters. The van der Waals surface area contributed by atoms with E-state index in [-0.39, 0.29) is 24.2 Å². The maximum absolute atomic E-state index is 9.83. The van der Waals surface area contributed by atoms with E-state index in [1.165, 1.54) is 0 Å². The van der Waals surface area contributed by atoms with Crippen LogP contribution in [0, 0.1) is 47.9 Å². The predicted molar refractivity (Wildman–Crippen MR) is 190 cm³/mol. The van der Waals surface area contributed by atoms with Crippen molar-refractivity contribution in [2.24, 2.45) is 0 Å². The maximum atomic E-state index is 9.83. The van der Waals surface area contributed by atoms with Crippen molar-refractivity contribution in [3.05, 3.63) is 153 Å². The molecule has 8 heterocycles. The summed E-state index contributed by atoms with van der Waals surface area (Å²) in [6.45, 7) is 17.0. The van der Waals surface area contributed by atoms with E-state index in [0.717, 1.165) is 52.8 Å². The van der Waals surface area contributed by atoms with E-state index < -0.39 is 17.6 Å². The van der Waals surface area contributed by atoms with Gasteiger partial charge in [0.1, 0.15) is 0 Å². The summed E-state index contributed by atoms with van der Waals surface area (Å²) in [5.41, 5.74) is 8.74. The van der Waals surface area contributed by atoms with Crippen molar-refractivity contribution in [3.8, 4) is 34.4 Å². The van der Waals surface area contributed by atoms with Crippen LogP contribution >= 0.6 is 0 Å². The van der Waals surface area contributed by atoms with Crippen molar-refractivity contribution in [1.82, 2.24) is 19.6 Å². The minimum atomic E-state index is -0.947. The van der Waals surface area contributed by atoms with Gasteiger partial charge in [-0.3, -0.25) is 0 Å². The van der Waals surface area contributed by atoms with Crippen molar-refractivity contribution in [1.29, 1.82) is 10.5 Å². The summed E-state index contributed by atoms with van der Waals surface area (Å²) in [6.07, 6.45) is 0. The first kappa shape index (κ1) is 30.6. The summed E-state index contributed by atoms with van der Waals surface area (Å²) >= 11 is -0.947. The molecule has 55 heavy (non-hydrogen) atoms. The molecule has 12 rings (SSSR count). The van der Waals surface area contributed by atoms with Crippen LogP contribution in [0.1, 0.15) is 57.5 Å². The Morgan fingerprint density at radius 3 is 1.22 bits per heavy atom. The van der Waals surface area contributed by atoms with E-state index in [0.29, 0.717) is 72.5 Å². The van der Waals surface area contributed by atoms with Crippen LogP contribution in [-0.4, -0.2) is 54.3 Å². The molecule has 8 aliphatic heterocycles. The Bertz CT molecular complexity index is 2490. The summed E-state index contributed by atoms with van der Waals surface area (Å²) in [6, 6.07) is 30.2. The average Bonchev–Trinajstić information content (AvgIpc) is 4.07. The predicted octanol–water partition coefficient (Wildman–Crippen LogP) is 6.22. The molecule has 12 nitrogen and oxygen atoms in total. The van der Waals surface area contributed by atoms with Gasteiger partial charge in [-0.15, -0.1) is 0 Å². The number of fused-ring (bicyclic) bond motifs is 8. The molecule has 4 fully saturated rings. The fourth-order valence-electron chi connectivity index (χ4n) is 8.68. The summed E-state index contributed by atoms with van der Waals surface area (Å²) in [5, 5.41) is 19.7. The molecule has 0 amide bonds. The molecule has 0 saturated carbocycles. The normalized spacial score (nSPS) is 23.9. The molecule has 13 heteroatoms. The van der Waals surface area contributed by atoms with Gasteiger partial charge >= 0.3 is 324 Å². The summed E-state index contributed by atoms with van der Waals surface area (Å²) < 4.78 is 28.5. The van der Waals surface area contributed by atoms with Crippen LogP contribution in [0.2, 0.25) is 0 Å². The molecule has 4 saturated heterocycles. The summed E-state index contributed by atoms with van der Waals surface area (Å²) in [4.78, 5) is 16.5. The van der Waals surface area contributed by atoms with E-state index >= 15 is 0 Å². The van der Waals surface area contributed by atoms with Gasteiger partial charge in [0.15, 0.2) is 0 Å². The van der Waals surface area contributed by atoms with Crippen molar-refractivity contribution in [2.45, 2.75) is 24.2 Å². The second kappa shape index (κ2) is 10.9. The van der Waals surface area contributed by atoms with Gasteiger partial charge in [-0.05, 0) is 0 Å². The Morgan fingerprint density at radius 2 is 0.873 bits per heavy atom. The van der Waals surface area contributed by atoms with Gasteiger partial charge in [0.25, 0.3) is 0 Å². The van der Waals surface area contributed by atoms with Gasteiger partial charge in [0.2, 0.25) is 0 Å². The third-order valence-electron chi connectivity index (χ3n) is 11.2. The van der Waals surface area contributed by atoms with Gasteiger partial charge in [-0.25, -0.2) is 0 Å². The van der Waals surface area contributed by atoms with Gasteiger partial charge < -0.3 is 0 Å². The van der Waals surface area contributed by atoms with Crippen LogP contribution in [0.3, 0.4) is 0 Å². The van der Waals surface area contributed by atoms with Crippen LogP contribution < -0.4 is 0 Å². The topological polar surface area (TPSA) is 106 Å². The van der Waals surface area contributed by atoms with E-state index in [2.05, 4.69) is 77.8 Å². The van der Waals surface area contributed by atoms with Crippen LogP contribution in [-0.2, 0) is 36.6 Å². The summed E-state index contributed by atoms with van der Waals surface area (Å²) in [5.74, 6) is 2.72. The van der Waals surface area contributed by atoms with Gasteiger partial charge in [-0.1, -0.05) is 0 Å². The second-order valence-electron chi connectivity index (χ2n) is 14.1. The Morgan fingerprint density at radius 1 is 0.527 bits per heavy atom. The van der Waals surface area contributed by atoms with Gasteiger partial charge in [0.05, 0.1) is 0 Å². The molecule has 0 aliphatic carbocycles. The first-order valence-electron chi connectivity index (χ1n) is 17.5. The molecule has 4 atom stereocenters. The third kappa shape index (κ3) is 4.10. The van der Waals surface area contributed by atoms with E-state index in [1.54, 1.807) is 12.1 Å². The van der Waals surface area contributed by atoms with Gasteiger partial charge in [0, 0.05) is 0 Å². The molecule has 0 aromatic heterocycles. The van der Waals surface area contributed by atoms with E-state index in [9.17, 15) is 10.5 Å². The standard InChI is InChI=1S/C42H22N8O4.Pt/c1-45-33-12-28(13-34(14-33)46-2)27-8-31-11-32(9-27)38-20-54-42-40-48(22-50(38)42)36(18-52-40)30-7-26(25-4-23(15-43)3-24(5-25)16-44)6-29(10-30)35-17-51-39-41-49(21-47(35)39)37(31)19-53-41;/h3-9,12-14,35-38H,17-20H2;/q-2;. The van der Waals surface area contributed by atoms with Crippen molar-refractivity contribution >= 4 is 19.7 Å². The fraction of sp³-hybridized carbons (Fsp3) is 0.190. The van der Waals surface area contributed by atoms with Crippen LogP contribution in [0.15, 0.2) is 84.2 Å². The number of nitriles is 2. The van der Waals surface area contributed by atoms with Crippen molar-refractivity contribution in [2.75, 3.05) is 26.4 Å². The zero-order valence-corrected chi connectivity index (χ0v) is 30.7. The second-order valence-corrected chi connectivity index (χ2v) is 16.7. The van der Waals surface area contributed by atoms with Crippen molar-refractivity contribution in [3.63, 3.8) is 0 Å². The number of nitrogens with zero attached hydrogens (tertiary/aromatic N) is 8. The average molecular weight is 898 g/mol. The number of rotatable bonds is 2. The molecular formula is C42H22N8O4Pt-2. The third-order valence-corrected chi connectivity index (χ3v) is 14.4. The molecule has 0 radical (unpaired) electrons. The number of ether oxygens (including phenoxy) is 4. The van der Waals surface area contributed by atoms with E-state index in [1.807, 2.05) is 24.3 Å². The first-order chi connectivity index (χ1) is 27.0. The van der Waals surface area contributed by atoms with Gasteiger partial charge in [-0.2, -0.15) is 0 Å². The molecule has 266 valence electrons. The molecule has 8 aliphatic rings. The quantitative estimate of drug-likeness (QED) is 0.216. The van der Waals surface area contributed by atoms with Crippen LogP contribution in [0.25, 0.3) is 31.9 Å². The van der Waals surface area contributed by atoms with Crippen LogP contribution in [0.5, 0.6) is 0 Å². The van der Waals surface area contributed by atoms with E-state index in [4.69, 9.17) is 32.1 Å². The molecule has 4 aromatic rings. The zero-order chi connectivity index (χ0) is 36.7. The molecule has 0 spiro atoms. The molecule has 0 N–H and O–H groups in total. The Labute approximate surface area is 322 Å². The molecule has 6 bridgehead atoms. The minimum absolute atomic E-state index is 0.212. The Balaban J connectivity index is 1.10. The first-order valence-corrected chi connectivity index (χ1v) is 19.8. The zero-order valence-electron chi connectivity index (χ0n) is 28.4. The SMILES string of the molecule is [C-]#[N+]c1cc([N+]#[C-])cc(-c2cc3[c-]c(c2)C2COC4=C5OCC6c7[c-]c(cc(-c8cc(C#N)cc(C#N)c8)c7)C7COC8=C9OCC3N9[C](=[Pt]=[C](N56)N42)N87)c1. The monoisotopic (exact) mass is 897 g/mol. The summed E-state index contributed by atoms with van der Waals surface area (Å²) in [7, 11) is 0. The Kier molecular flexibility index (Phi) is 6.04. The molecular weight excluding hydrogens is 876 g/mol. The number of benzene rings is 4. The Hall–Kier alpha value is -6.85. The number of hydrogen-bond acceptors (Lipinski definition) is 10.